The molecule has 6 heteroatoms. The zero-order valence-electron chi connectivity index (χ0n) is 13.3. The van der Waals surface area contributed by atoms with E-state index in [1.807, 2.05) is 20.8 Å². The van der Waals surface area contributed by atoms with Crippen molar-refractivity contribution in [2.75, 3.05) is 13.7 Å². The Balaban J connectivity index is 2.74. The molecule has 0 unspecified atom stereocenters. The van der Waals surface area contributed by atoms with Gasteiger partial charge in [-0.2, -0.15) is 0 Å². The molecule has 6 nitrogen and oxygen atoms in total. The van der Waals surface area contributed by atoms with Crippen molar-refractivity contribution in [2.45, 2.75) is 58.5 Å². The number of ether oxygens (including phenoxy) is 1. The molecule has 0 aromatic carbocycles. The number of amides is 2. The number of urea groups is 1. The van der Waals surface area contributed by atoms with Gasteiger partial charge in [-0.15, -0.1) is 0 Å². The smallest absolute Gasteiger partial charge is 0.328 e. The third-order valence-corrected chi connectivity index (χ3v) is 3.71. The van der Waals surface area contributed by atoms with E-state index in [0.29, 0.717) is 12.8 Å². The number of methoxy groups -OCH3 is 1. The molecule has 0 saturated carbocycles. The Kier molecular flexibility index (Phi) is 6.65. The van der Waals surface area contributed by atoms with Crippen LogP contribution >= 0.6 is 0 Å². The number of rotatable bonds is 4. The number of likely N-dealkylation sites (tertiary alicyclic amines) is 1. The zero-order chi connectivity index (χ0) is 16.0. The summed E-state index contributed by atoms with van der Waals surface area (Å²) in [7, 11) is 1.31. The van der Waals surface area contributed by atoms with Crippen molar-refractivity contribution in [2.24, 2.45) is 5.92 Å². The highest BCUT2D eigenvalue weighted by Crippen LogP contribution is 2.15. The van der Waals surface area contributed by atoms with E-state index < -0.39 is 12.0 Å². The molecule has 120 valence electrons. The number of carbonyl (C=O) groups is 3. The minimum absolute atomic E-state index is 0.00574. The van der Waals surface area contributed by atoms with E-state index in [2.05, 4.69) is 5.32 Å². The van der Waals surface area contributed by atoms with Crippen LogP contribution in [0, 0.1) is 5.92 Å². The van der Waals surface area contributed by atoms with E-state index in [9.17, 15) is 14.4 Å². The predicted octanol–water partition coefficient (Wildman–Crippen LogP) is 1.73. The van der Waals surface area contributed by atoms with Crippen molar-refractivity contribution in [3.05, 3.63) is 0 Å². The van der Waals surface area contributed by atoms with E-state index >= 15 is 0 Å². The van der Waals surface area contributed by atoms with Gasteiger partial charge in [-0.25, -0.2) is 9.59 Å². The van der Waals surface area contributed by atoms with Gasteiger partial charge >= 0.3 is 12.0 Å². The van der Waals surface area contributed by atoms with Gasteiger partial charge in [-0.05, 0) is 32.1 Å². The molecule has 0 bridgehead atoms. The lowest BCUT2D eigenvalue weighted by atomic mass is 10.0. The summed E-state index contributed by atoms with van der Waals surface area (Å²) in [5, 5.41) is 2.71. The van der Waals surface area contributed by atoms with Crippen molar-refractivity contribution >= 4 is 17.8 Å². The van der Waals surface area contributed by atoms with E-state index in [0.717, 1.165) is 12.8 Å². The van der Waals surface area contributed by atoms with Gasteiger partial charge in [0.15, 0.2) is 5.78 Å². The Labute approximate surface area is 126 Å². The van der Waals surface area contributed by atoms with Crippen LogP contribution in [0.1, 0.15) is 46.5 Å². The molecule has 21 heavy (non-hydrogen) atoms. The van der Waals surface area contributed by atoms with Crippen LogP contribution in [-0.4, -0.2) is 48.4 Å². The second kappa shape index (κ2) is 8.00. The number of esters is 1. The molecule has 1 rings (SSSR count). The summed E-state index contributed by atoms with van der Waals surface area (Å²) < 4.78 is 4.74. The highest BCUT2D eigenvalue weighted by atomic mass is 16.5. The van der Waals surface area contributed by atoms with E-state index in [1.165, 1.54) is 12.0 Å². The Morgan fingerprint density at radius 3 is 2.67 bits per heavy atom. The van der Waals surface area contributed by atoms with E-state index in [1.54, 1.807) is 0 Å². The van der Waals surface area contributed by atoms with Gasteiger partial charge in [0.25, 0.3) is 0 Å². The fourth-order valence-corrected chi connectivity index (χ4v) is 2.51. The molecule has 0 spiro atoms. The third-order valence-electron chi connectivity index (χ3n) is 3.71. The summed E-state index contributed by atoms with van der Waals surface area (Å²) in [6.07, 6.45) is 2.62. The molecule has 2 amide bonds. The van der Waals surface area contributed by atoms with Crippen LogP contribution in [0.5, 0.6) is 0 Å². The predicted molar refractivity (Wildman–Crippen MR) is 78.8 cm³/mol. The van der Waals surface area contributed by atoms with Crippen LogP contribution in [0.15, 0.2) is 0 Å². The molecule has 1 aliphatic rings. The maximum absolute atomic E-state index is 12.4. The summed E-state index contributed by atoms with van der Waals surface area (Å²) in [4.78, 5) is 37.3. The normalized spacial score (nSPS) is 20.9. The molecule has 0 aromatic rings. The van der Waals surface area contributed by atoms with E-state index in [-0.39, 0.29) is 30.3 Å². The monoisotopic (exact) mass is 298 g/mol. The fourth-order valence-electron chi connectivity index (χ4n) is 2.51. The first-order valence-electron chi connectivity index (χ1n) is 7.51. The Bertz CT molecular complexity index is 395. The molecule has 0 aliphatic carbocycles. The Morgan fingerprint density at radius 1 is 1.43 bits per heavy atom. The first kappa shape index (κ1) is 17.5. The molecule has 2 atom stereocenters. The topological polar surface area (TPSA) is 75.7 Å². The Hall–Kier alpha value is -1.59. The summed E-state index contributed by atoms with van der Waals surface area (Å²) >= 11 is 0. The number of hydrogen-bond donors (Lipinski definition) is 1. The van der Waals surface area contributed by atoms with E-state index in [4.69, 9.17) is 4.74 Å². The number of hydrogen-bond acceptors (Lipinski definition) is 4. The Morgan fingerprint density at radius 2 is 2.10 bits per heavy atom. The molecule has 1 fully saturated rings. The minimum atomic E-state index is -0.673. The van der Waals surface area contributed by atoms with Crippen molar-refractivity contribution in [1.82, 2.24) is 10.2 Å². The third kappa shape index (κ3) is 5.36. The van der Waals surface area contributed by atoms with Crippen LogP contribution in [0.2, 0.25) is 0 Å². The quantitative estimate of drug-likeness (QED) is 0.802. The van der Waals surface area contributed by atoms with Crippen LogP contribution in [0.4, 0.5) is 4.79 Å². The fraction of sp³-hybridized carbons (Fsp3) is 0.800. The van der Waals surface area contributed by atoms with Gasteiger partial charge < -0.3 is 15.0 Å². The maximum Gasteiger partial charge on any atom is 0.328 e. The summed E-state index contributed by atoms with van der Waals surface area (Å²) in [5.74, 6) is -0.142. The molecular weight excluding hydrogens is 272 g/mol. The molecule has 0 radical (unpaired) electrons. The second-order valence-corrected chi connectivity index (χ2v) is 6.06. The number of ketones is 1. The SMILES string of the molecule is COC(=O)[C@H](CC(C)C)NC(=O)N1CC(=O)CCC[C@H]1C. The average molecular weight is 298 g/mol. The number of Topliss-reactive ketones (excluding diaryl/α,β-unsaturated/α-hetero) is 1. The van der Waals surface area contributed by atoms with Gasteiger partial charge in [0, 0.05) is 12.5 Å². The summed E-state index contributed by atoms with van der Waals surface area (Å²) in [6.45, 7) is 5.98. The first-order valence-corrected chi connectivity index (χ1v) is 7.51. The zero-order valence-corrected chi connectivity index (χ0v) is 13.3. The standard InChI is InChI=1S/C15H26N2O4/c1-10(2)8-13(14(19)21-4)16-15(20)17-9-12(18)7-5-6-11(17)3/h10-11,13H,5-9H2,1-4H3,(H,16,20)/t11-,13+/m1/s1. The summed E-state index contributed by atoms with van der Waals surface area (Å²) in [5.41, 5.74) is 0. The van der Waals surface area contributed by atoms with Gasteiger partial charge in [0.05, 0.1) is 13.7 Å². The lowest BCUT2D eigenvalue weighted by Crippen LogP contribution is -2.52. The van der Waals surface area contributed by atoms with Crippen molar-refractivity contribution in [3.63, 3.8) is 0 Å². The largest absolute Gasteiger partial charge is 0.467 e. The molecule has 0 aromatic heterocycles. The minimum Gasteiger partial charge on any atom is -0.467 e. The van der Waals surface area contributed by atoms with Gasteiger partial charge in [-0.1, -0.05) is 13.8 Å². The second-order valence-electron chi connectivity index (χ2n) is 6.06. The molecule has 1 N–H and O–H groups in total. The highest BCUT2D eigenvalue weighted by Gasteiger charge is 2.29. The number of carbonyl (C=O) groups excluding carboxylic acids is 3. The van der Waals surface area contributed by atoms with Crippen LogP contribution in [0.3, 0.4) is 0 Å². The molecule has 1 heterocycles. The van der Waals surface area contributed by atoms with Crippen LogP contribution < -0.4 is 5.32 Å². The van der Waals surface area contributed by atoms with Crippen LogP contribution in [-0.2, 0) is 14.3 Å². The van der Waals surface area contributed by atoms with Crippen LogP contribution in [0.25, 0.3) is 0 Å². The maximum atomic E-state index is 12.4. The molecule has 1 aliphatic heterocycles. The molecular formula is C15H26N2O4. The number of nitrogens with one attached hydrogen (secondary N) is 1. The average Bonchev–Trinajstić information content (AvgIpc) is 2.58. The lowest BCUT2D eigenvalue weighted by molar-refractivity contribution is -0.143. The highest BCUT2D eigenvalue weighted by molar-refractivity contribution is 5.88. The summed E-state index contributed by atoms with van der Waals surface area (Å²) in [6, 6.07) is -1.05. The molecule has 1 saturated heterocycles. The van der Waals surface area contributed by atoms with Crippen molar-refractivity contribution in [3.8, 4) is 0 Å². The van der Waals surface area contributed by atoms with Gasteiger partial charge in [-0.3, -0.25) is 4.79 Å². The van der Waals surface area contributed by atoms with Gasteiger partial charge in [0.1, 0.15) is 6.04 Å². The van der Waals surface area contributed by atoms with Crippen molar-refractivity contribution in [1.29, 1.82) is 0 Å². The van der Waals surface area contributed by atoms with Gasteiger partial charge in [0.2, 0.25) is 0 Å². The lowest BCUT2D eigenvalue weighted by Gasteiger charge is -2.29. The first-order chi connectivity index (χ1) is 9.85. The van der Waals surface area contributed by atoms with Crippen molar-refractivity contribution < 1.29 is 19.1 Å². The number of nitrogens with zero attached hydrogens (tertiary/aromatic N) is 1.